The molecule has 0 aromatic rings. The second-order valence-corrected chi connectivity index (χ2v) is 4.87. The first-order valence-corrected chi connectivity index (χ1v) is 6.58. The van der Waals surface area contributed by atoms with Crippen molar-refractivity contribution in [1.29, 1.82) is 0 Å². The lowest BCUT2D eigenvalue weighted by molar-refractivity contribution is -0.134. The van der Waals surface area contributed by atoms with E-state index in [4.69, 9.17) is 10.5 Å². The number of rotatable bonds is 5. The molecule has 98 valence electrons. The zero-order valence-electron chi connectivity index (χ0n) is 10.6. The van der Waals surface area contributed by atoms with Crippen LogP contribution >= 0.6 is 0 Å². The molecule has 1 saturated carbocycles. The van der Waals surface area contributed by atoms with Crippen LogP contribution < -0.4 is 5.73 Å². The standard InChI is InChI=1S/C12H23N3O2/c1-2-15(10-3-4-10)12(16)9-14-5-6-17-11(7-13)8-14/h10-11H,2-9,13H2,1H3. The number of ether oxygens (including phenoxy) is 1. The van der Waals surface area contributed by atoms with Gasteiger partial charge < -0.3 is 15.4 Å². The number of hydrogen-bond donors (Lipinski definition) is 1. The van der Waals surface area contributed by atoms with Crippen molar-refractivity contribution in [3.05, 3.63) is 0 Å². The molecule has 1 amide bonds. The summed E-state index contributed by atoms with van der Waals surface area (Å²) in [6.45, 7) is 6.24. The molecular weight excluding hydrogens is 218 g/mol. The van der Waals surface area contributed by atoms with Gasteiger partial charge in [-0.1, -0.05) is 0 Å². The molecule has 0 spiro atoms. The van der Waals surface area contributed by atoms with Gasteiger partial charge in [0.15, 0.2) is 0 Å². The van der Waals surface area contributed by atoms with Crippen LogP contribution in [0, 0.1) is 0 Å². The highest BCUT2D eigenvalue weighted by atomic mass is 16.5. The summed E-state index contributed by atoms with van der Waals surface area (Å²) in [5, 5.41) is 0. The molecule has 1 atom stereocenters. The van der Waals surface area contributed by atoms with Gasteiger partial charge in [-0.15, -0.1) is 0 Å². The van der Waals surface area contributed by atoms with E-state index >= 15 is 0 Å². The Morgan fingerprint density at radius 1 is 1.53 bits per heavy atom. The lowest BCUT2D eigenvalue weighted by Crippen LogP contribution is -2.50. The number of nitrogens with zero attached hydrogens (tertiary/aromatic N) is 2. The number of carbonyl (C=O) groups excluding carboxylic acids is 1. The van der Waals surface area contributed by atoms with Crippen LogP contribution in [-0.4, -0.2) is 67.2 Å². The maximum atomic E-state index is 12.1. The highest BCUT2D eigenvalue weighted by Gasteiger charge is 2.32. The molecule has 2 fully saturated rings. The minimum Gasteiger partial charge on any atom is -0.374 e. The van der Waals surface area contributed by atoms with Gasteiger partial charge >= 0.3 is 0 Å². The van der Waals surface area contributed by atoms with Crippen molar-refractivity contribution in [3.8, 4) is 0 Å². The second-order valence-electron chi connectivity index (χ2n) is 4.87. The fourth-order valence-electron chi connectivity index (χ4n) is 2.37. The van der Waals surface area contributed by atoms with Crippen LogP contribution in [0.25, 0.3) is 0 Å². The predicted molar refractivity (Wildman–Crippen MR) is 65.6 cm³/mol. The smallest absolute Gasteiger partial charge is 0.236 e. The number of hydrogen-bond acceptors (Lipinski definition) is 4. The first-order valence-electron chi connectivity index (χ1n) is 6.58. The van der Waals surface area contributed by atoms with Crippen molar-refractivity contribution in [3.63, 3.8) is 0 Å². The molecule has 1 saturated heterocycles. The molecule has 1 unspecified atom stereocenters. The molecule has 2 N–H and O–H groups in total. The Bertz CT molecular complexity index is 268. The summed E-state index contributed by atoms with van der Waals surface area (Å²) in [7, 11) is 0. The lowest BCUT2D eigenvalue weighted by atomic mass is 10.2. The van der Waals surface area contributed by atoms with Gasteiger partial charge in [-0.2, -0.15) is 0 Å². The maximum absolute atomic E-state index is 12.1. The molecule has 5 nitrogen and oxygen atoms in total. The van der Waals surface area contributed by atoms with Crippen LogP contribution in [0.4, 0.5) is 0 Å². The Balaban J connectivity index is 1.80. The van der Waals surface area contributed by atoms with Gasteiger partial charge in [0.1, 0.15) is 0 Å². The summed E-state index contributed by atoms with van der Waals surface area (Å²) in [4.78, 5) is 16.3. The van der Waals surface area contributed by atoms with Crippen molar-refractivity contribution in [2.75, 3.05) is 39.3 Å². The van der Waals surface area contributed by atoms with E-state index < -0.39 is 0 Å². The molecule has 17 heavy (non-hydrogen) atoms. The Morgan fingerprint density at radius 3 is 2.88 bits per heavy atom. The van der Waals surface area contributed by atoms with Crippen molar-refractivity contribution in [1.82, 2.24) is 9.80 Å². The summed E-state index contributed by atoms with van der Waals surface area (Å²) in [6, 6.07) is 0.513. The third kappa shape index (κ3) is 3.40. The number of carbonyl (C=O) groups is 1. The van der Waals surface area contributed by atoms with Crippen molar-refractivity contribution in [2.45, 2.75) is 31.9 Å². The molecule has 1 aliphatic heterocycles. The predicted octanol–water partition coefficient (Wildman–Crippen LogP) is -0.343. The highest BCUT2D eigenvalue weighted by molar-refractivity contribution is 5.78. The highest BCUT2D eigenvalue weighted by Crippen LogP contribution is 2.26. The molecular formula is C12H23N3O2. The monoisotopic (exact) mass is 241 g/mol. The average molecular weight is 241 g/mol. The van der Waals surface area contributed by atoms with Crippen LogP contribution in [0.15, 0.2) is 0 Å². The van der Waals surface area contributed by atoms with Gasteiger partial charge in [-0.25, -0.2) is 0 Å². The minimum absolute atomic E-state index is 0.0903. The first-order chi connectivity index (χ1) is 8.24. The molecule has 2 aliphatic rings. The maximum Gasteiger partial charge on any atom is 0.236 e. The molecule has 0 aromatic heterocycles. The van der Waals surface area contributed by atoms with E-state index in [1.54, 1.807) is 0 Å². The quantitative estimate of drug-likeness (QED) is 0.715. The van der Waals surface area contributed by atoms with Crippen molar-refractivity contribution in [2.24, 2.45) is 5.73 Å². The van der Waals surface area contributed by atoms with E-state index in [1.165, 1.54) is 12.8 Å². The van der Waals surface area contributed by atoms with Gasteiger partial charge in [0.2, 0.25) is 5.91 Å². The Labute approximate surface area is 103 Å². The molecule has 2 rings (SSSR count). The molecule has 1 aliphatic carbocycles. The van der Waals surface area contributed by atoms with Crippen molar-refractivity contribution >= 4 is 5.91 Å². The summed E-state index contributed by atoms with van der Waals surface area (Å²) >= 11 is 0. The van der Waals surface area contributed by atoms with E-state index in [0.717, 1.165) is 19.6 Å². The van der Waals surface area contributed by atoms with Crippen LogP contribution in [0.3, 0.4) is 0 Å². The largest absolute Gasteiger partial charge is 0.374 e. The first kappa shape index (κ1) is 12.8. The van der Waals surface area contributed by atoms with Crippen LogP contribution in [0.1, 0.15) is 19.8 Å². The average Bonchev–Trinajstić information content (AvgIpc) is 3.15. The van der Waals surface area contributed by atoms with E-state index in [2.05, 4.69) is 11.8 Å². The van der Waals surface area contributed by atoms with Crippen LogP contribution in [-0.2, 0) is 9.53 Å². The Hall–Kier alpha value is -0.650. The normalized spacial score (nSPS) is 25.9. The van der Waals surface area contributed by atoms with E-state index in [9.17, 15) is 4.79 Å². The van der Waals surface area contributed by atoms with Gasteiger partial charge in [-0.3, -0.25) is 9.69 Å². The molecule has 1 heterocycles. The summed E-state index contributed by atoms with van der Waals surface area (Å²) in [6.07, 6.45) is 2.44. The number of likely N-dealkylation sites (N-methyl/N-ethyl adjacent to an activating group) is 1. The molecule has 0 bridgehead atoms. The third-order valence-electron chi connectivity index (χ3n) is 3.49. The zero-order chi connectivity index (χ0) is 12.3. The molecule has 0 aromatic carbocycles. The summed E-state index contributed by atoms with van der Waals surface area (Å²) < 4.78 is 5.49. The lowest BCUT2D eigenvalue weighted by Gasteiger charge is -2.33. The van der Waals surface area contributed by atoms with Gasteiger partial charge in [0, 0.05) is 32.2 Å². The van der Waals surface area contributed by atoms with Crippen molar-refractivity contribution < 1.29 is 9.53 Å². The van der Waals surface area contributed by atoms with Crippen LogP contribution in [0.5, 0.6) is 0 Å². The van der Waals surface area contributed by atoms with Gasteiger partial charge in [0.25, 0.3) is 0 Å². The fraction of sp³-hybridized carbons (Fsp3) is 0.917. The fourth-order valence-corrected chi connectivity index (χ4v) is 2.37. The van der Waals surface area contributed by atoms with Gasteiger partial charge in [0.05, 0.1) is 19.3 Å². The molecule has 5 heteroatoms. The minimum atomic E-state index is 0.0903. The number of nitrogens with two attached hydrogens (primary N) is 1. The Kier molecular flexibility index (Phi) is 4.36. The van der Waals surface area contributed by atoms with Crippen LogP contribution in [0.2, 0.25) is 0 Å². The van der Waals surface area contributed by atoms with Gasteiger partial charge in [-0.05, 0) is 19.8 Å². The Morgan fingerprint density at radius 2 is 2.29 bits per heavy atom. The SMILES string of the molecule is CCN(C(=O)CN1CCOC(CN)C1)C1CC1. The van der Waals surface area contributed by atoms with E-state index in [-0.39, 0.29) is 12.0 Å². The summed E-state index contributed by atoms with van der Waals surface area (Å²) in [5.41, 5.74) is 5.59. The number of morpholine rings is 1. The molecule has 0 radical (unpaired) electrons. The second kappa shape index (κ2) is 5.80. The van der Waals surface area contributed by atoms with E-state index in [0.29, 0.717) is 25.7 Å². The van der Waals surface area contributed by atoms with E-state index in [1.807, 2.05) is 4.90 Å². The third-order valence-corrected chi connectivity index (χ3v) is 3.49. The zero-order valence-corrected chi connectivity index (χ0v) is 10.6. The number of amides is 1. The topological polar surface area (TPSA) is 58.8 Å². The summed E-state index contributed by atoms with van der Waals surface area (Å²) in [5.74, 6) is 0.257.